The Hall–Kier alpha value is -3.15. The number of hydrogen-bond donors (Lipinski definition) is 1. The summed E-state index contributed by atoms with van der Waals surface area (Å²) in [6.07, 6.45) is -0.309. The Morgan fingerprint density at radius 2 is 1.78 bits per heavy atom. The Balaban J connectivity index is 1.62. The molecule has 32 heavy (non-hydrogen) atoms. The minimum absolute atomic E-state index is 0.263. The van der Waals surface area contributed by atoms with Gasteiger partial charge >= 0.3 is 0 Å². The molecule has 2 aliphatic rings. The maximum absolute atomic E-state index is 13.5. The Kier molecular flexibility index (Phi) is 5.24. The number of anilines is 1. The molecular weight excluding hydrogens is 445 g/mol. The summed E-state index contributed by atoms with van der Waals surface area (Å²) in [7, 11) is 0. The molecule has 5 rings (SSSR count). The van der Waals surface area contributed by atoms with E-state index in [0.29, 0.717) is 22.3 Å². The molecule has 160 valence electrons. The van der Waals surface area contributed by atoms with Crippen LogP contribution in [0, 0.1) is 6.92 Å². The SMILES string of the molecule is Cc1cc2c3c(c1)C(c1ccccc1)=N[C@@H](NC(=O)c1cc(Cl)cc(Cl)c1)C(=O)N3CC2. The van der Waals surface area contributed by atoms with Crippen molar-refractivity contribution in [3.8, 4) is 0 Å². The number of hydrogen-bond acceptors (Lipinski definition) is 3. The number of carbonyl (C=O) groups is 2. The van der Waals surface area contributed by atoms with Gasteiger partial charge in [-0.05, 0) is 43.2 Å². The molecule has 0 spiro atoms. The second kappa shape index (κ2) is 8.08. The van der Waals surface area contributed by atoms with E-state index in [9.17, 15) is 9.59 Å². The standard InChI is InChI=1S/C25H19Cl2N3O2/c1-14-9-16-7-8-30-22(16)20(10-14)21(15-5-3-2-4-6-15)28-23(25(30)32)29-24(31)17-11-18(26)13-19(27)12-17/h2-6,9-13,23H,7-8H2,1H3,(H,29,31)/t23-/m0/s1. The van der Waals surface area contributed by atoms with E-state index in [0.717, 1.165) is 34.4 Å². The van der Waals surface area contributed by atoms with Crippen LogP contribution in [0.3, 0.4) is 0 Å². The summed E-state index contributed by atoms with van der Waals surface area (Å²) >= 11 is 12.1. The molecule has 5 nitrogen and oxygen atoms in total. The minimum Gasteiger partial charge on any atom is -0.322 e. The Labute approximate surface area is 195 Å². The molecule has 0 aromatic heterocycles. The highest BCUT2D eigenvalue weighted by atomic mass is 35.5. The molecule has 0 saturated heterocycles. The maximum atomic E-state index is 13.5. The van der Waals surface area contributed by atoms with Crippen LogP contribution in [-0.2, 0) is 11.2 Å². The number of benzene rings is 3. The molecule has 0 saturated carbocycles. The van der Waals surface area contributed by atoms with E-state index < -0.39 is 12.1 Å². The third-order valence-corrected chi connectivity index (χ3v) is 6.10. The lowest BCUT2D eigenvalue weighted by Gasteiger charge is -2.21. The van der Waals surface area contributed by atoms with Gasteiger partial charge in [0.25, 0.3) is 11.8 Å². The molecular formula is C25H19Cl2N3O2. The molecule has 1 atom stereocenters. The average molecular weight is 464 g/mol. The van der Waals surface area contributed by atoms with Crippen molar-refractivity contribution in [3.63, 3.8) is 0 Å². The van der Waals surface area contributed by atoms with E-state index in [1.807, 2.05) is 37.3 Å². The Morgan fingerprint density at radius 1 is 1.06 bits per heavy atom. The predicted molar refractivity (Wildman–Crippen MR) is 127 cm³/mol. The van der Waals surface area contributed by atoms with Gasteiger partial charge in [0.1, 0.15) is 0 Å². The van der Waals surface area contributed by atoms with Gasteiger partial charge in [0.05, 0.1) is 11.4 Å². The molecule has 0 radical (unpaired) electrons. The average Bonchev–Trinajstić information content (AvgIpc) is 3.14. The fourth-order valence-electron chi connectivity index (χ4n) is 4.32. The minimum atomic E-state index is -1.07. The van der Waals surface area contributed by atoms with Crippen molar-refractivity contribution in [1.82, 2.24) is 5.32 Å². The third kappa shape index (κ3) is 3.68. The van der Waals surface area contributed by atoms with E-state index in [-0.39, 0.29) is 11.5 Å². The van der Waals surface area contributed by atoms with E-state index >= 15 is 0 Å². The lowest BCUT2D eigenvalue weighted by molar-refractivity contribution is -0.120. The van der Waals surface area contributed by atoms with Gasteiger partial charge in [0.15, 0.2) is 0 Å². The van der Waals surface area contributed by atoms with Gasteiger partial charge < -0.3 is 10.2 Å². The first-order chi connectivity index (χ1) is 15.4. The van der Waals surface area contributed by atoms with Crippen molar-refractivity contribution >= 4 is 46.4 Å². The van der Waals surface area contributed by atoms with Gasteiger partial charge in [0.2, 0.25) is 6.17 Å². The smallest absolute Gasteiger partial charge is 0.272 e. The van der Waals surface area contributed by atoms with Gasteiger partial charge in [0, 0.05) is 33.3 Å². The van der Waals surface area contributed by atoms with Crippen LogP contribution in [0.2, 0.25) is 10.0 Å². The number of amides is 2. The van der Waals surface area contributed by atoms with E-state index in [4.69, 9.17) is 28.2 Å². The molecule has 3 aromatic rings. The van der Waals surface area contributed by atoms with E-state index in [1.54, 1.807) is 11.0 Å². The first-order valence-corrected chi connectivity index (χ1v) is 11.0. The van der Waals surface area contributed by atoms with Crippen molar-refractivity contribution in [2.45, 2.75) is 19.5 Å². The topological polar surface area (TPSA) is 61.8 Å². The first-order valence-electron chi connectivity index (χ1n) is 10.3. The molecule has 0 bridgehead atoms. The van der Waals surface area contributed by atoms with Crippen LogP contribution in [0.25, 0.3) is 0 Å². The number of aryl methyl sites for hydroxylation is 1. The van der Waals surface area contributed by atoms with Crippen LogP contribution >= 0.6 is 23.2 Å². The monoisotopic (exact) mass is 463 g/mol. The summed E-state index contributed by atoms with van der Waals surface area (Å²) in [4.78, 5) is 33.0. The van der Waals surface area contributed by atoms with Crippen molar-refractivity contribution in [2.24, 2.45) is 4.99 Å². The highest BCUT2D eigenvalue weighted by Crippen LogP contribution is 2.37. The predicted octanol–water partition coefficient (Wildman–Crippen LogP) is 4.80. The number of nitrogens with zero attached hydrogens (tertiary/aromatic N) is 2. The number of aliphatic imine (C=N–C) groups is 1. The zero-order valence-corrected chi connectivity index (χ0v) is 18.7. The summed E-state index contributed by atoms with van der Waals surface area (Å²) in [6, 6.07) is 18.4. The summed E-state index contributed by atoms with van der Waals surface area (Å²) < 4.78 is 0. The van der Waals surface area contributed by atoms with Gasteiger partial charge in [-0.15, -0.1) is 0 Å². The molecule has 3 aromatic carbocycles. The summed E-state index contributed by atoms with van der Waals surface area (Å²) in [5.41, 5.74) is 5.83. The number of carbonyl (C=O) groups excluding carboxylic acids is 2. The molecule has 0 aliphatic carbocycles. The van der Waals surface area contributed by atoms with Crippen LogP contribution in [0.4, 0.5) is 5.69 Å². The van der Waals surface area contributed by atoms with Crippen molar-refractivity contribution in [3.05, 3.63) is 98.5 Å². The zero-order chi connectivity index (χ0) is 22.4. The summed E-state index contributed by atoms with van der Waals surface area (Å²) in [5, 5.41) is 3.47. The molecule has 7 heteroatoms. The van der Waals surface area contributed by atoms with Crippen LogP contribution in [0.1, 0.15) is 32.6 Å². The van der Waals surface area contributed by atoms with Crippen molar-refractivity contribution in [1.29, 1.82) is 0 Å². The highest BCUT2D eigenvalue weighted by molar-refractivity contribution is 6.35. The number of halogens is 2. The van der Waals surface area contributed by atoms with Gasteiger partial charge in [-0.3, -0.25) is 9.59 Å². The lowest BCUT2D eigenvalue weighted by Crippen LogP contribution is -2.47. The lowest BCUT2D eigenvalue weighted by atomic mass is 9.96. The third-order valence-electron chi connectivity index (χ3n) is 5.66. The zero-order valence-electron chi connectivity index (χ0n) is 17.2. The Bertz CT molecular complexity index is 1270. The van der Waals surface area contributed by atoms with Crippen LogP contribution in [-0.4, -0.2) is 30.2 Å². The molecule has 2 amide bonds. The molecule has 1 N–H and O–H groups in total. The normalized spacial score (nSPS) is 17.0. The van der Waals surface area contributed by atoms with Crippen LogP contribution in [0.5, 0.6) is 0 Å². The molecule has 0 unspecified atom stereocenters. The maximum Gasteiger partial charge on any atom is 0.272 e. The highest BCUT2D eigenvalue weighted by Gasteiger charge is 2.37. The quantitative estimate of drug-likeness (QED) is 0.606. The fraction of sp³-hybridized carbons (Fsp3) is 0.160. The van der Waals surface area contributed by atoms with E-state index in [2.05, 4.69) is 17.4 Å². The van der Waals surface area contributed by atoms with Crippen molar-refractivity contribution in [2.75, 3.05) is 11.4 Å². The van der Waals surface area contributed by atoms with Gasteiger partial charge in [-0.2, -0.15) is 0 Å². The molecule has 0 fully saturated rings. The largest absolute Gasteiger partial charge is 0.322 e. The summed E-state index contributed by atoms with van der Waals surface area (Å²) in [5.74, 6) is -0.730. The number of nitrogens with one attached hydrogen (secondary N) is 1. The van der Waals surface area contributed by atoms with Gasteiger partial charge in [-0.25, -0.2) is 4.99 Å². The summed E-state index contributed by atoms with van der Waals surface area (Å²) in [6.45, 7) is 2.59. The Morgan fingerprint density at radius 3 is 2.50 bits per heavy atom. The van der Waals surface area contributed by atoms with Crippen molar-refractivity contribution < 1.29 is 9.59 Å². The van der Waals surface area contributed by atoms with Gasteiger partial charge in [-0.1, -0.05) is 65.2 Å². The molecule has 2 heterocycles. The first kappa shape index (κ1) is 20.7. The van der Waals surface area contributed by atoms with Crippen LogP contribution < -0.4 is 10.2 Å². The van der Waals surface area contributed by atoms with Crippen LogP contribution in [0.15, 0.2) is 65.7 Å². The second-order valence-corrected chi connectivity index (χ2v) is 8.81. The number of rotatable bonds is 3. The fourth-order valence-corrected chi connectivity index (χ4v) is 4.85. The second-order valence-electron chi connectivity index (χ2n) is 7.94. The molecule has 2 aliphatic heterocycles. The van der Waals surface area contributed by atoms with E-state index in [1.165, 1.54) is 12.1 Å².